The predicted molar refractivity (Wildman–Crippen MR) is 152 cm³/mol. The van der Waals surface area contributed by atoms with Crippen molar-refractivity contribution in [1.82, 2.24) is 29.7 Å². The number of pyridine rings is 2. The minimum atomic E-state index is -0.0621. The third-order valence-corrected chi connectivity index (χ3v) is 8.14. The molecule has 3 aromatic heterocycles. The van der Waals surface area contributed by atoms with E-state index >= 15 is 0 Å². The van der Waals surface area contributed by atoms with E-state index in [1.165, 1.54) is 0 Å². The maximum absolute atomic E-state index is 12.1. The summed E-state index contributed by atoms with van der Waals surface area (Å²) in [6, 6.07) is 6.24. The first-order chi connectivity index (χ1) is 18.9. The monoisotopic (exact) mass is 530 g/mol. The molecule has 0 aliphatic carbocycles. The van der Waals surface area contributed by atoms with Crippen LogP contribution in [0.2, 0.25) is 0 Å². The van der Waals surface area contributed by atoms with Gasteiger partial charge in [-0.05, 0) is 31.5 Å². The number of aromatic nitrogens is 4. The van der Waals surface area contributed by atoms with E-state index in [9.17, 15) is 4.79 Å². The van der Waals surface area contributed by atoms with E-state index < -0.39 is 0 Å². The van der Waals surface area contributed by atoms with Gasteiger partial charge in [-0.2, -0.15) is 0 Å². The van der Waals surface area contributed by atoms with Gasteiger partial charge in [-0.3, -0.25) is 9.69 Å². The number of anilines is 2. The number of nitrogens with one attached hydrogen (secondary N) is 1. The minimum absolute atomic E-state index is 0.0401. The third-order valence-electron chi connectivity index (χ3n) is 8.14. The lowest BCUT2D eigenvalue weighted by atomic mass is 9.93. The van der Waals surface area contributed by atoms with Gasteiger partial charge in [0.25, 0.3) is 5.56 Å². The summed E-state index contributed by atoms with van der Waals surface area (Å²) in [6.45, 7) is 12.9. The van der Waals surface area contributed by atoms with Gasteiger partial charge in [0.1, 0.15) is 11.4 Å². The molecule has 0 aromatic carbocycles. The van der Waals surface area contributed by atoms with E-state index in [1.54, 1.807) is 11.6 Å². The Morgan fingerprint density at radius 1 is 1.08 bits per heavy atom. The Labute approximate surface area is 229 Å². The van der Waals surface area contributed by atoms with Crippen molar-refractivity contribution in [2.75, 3.05) is 68.8 Å². The van der Waals surface area contributed by atoms with Crippen LogP contribution in [-0.4, -0.2) is 89.0 Å². The molecular weight excluding hydrogens is 492 g/mol. The Bertz CT molecular complexity index is 1340. The molecule has 0 radical (unpaired) electrons. The SMILES string of the molecule is CCc1nc(N2CCN(Cc3cnc(N4CC5(CNCCO5)C4)nc3)CC2)ccc1-c1cc(C)c(=O)n(C)c1. The molecule has 1 N–H and O–H groups in total. The summed E-state index contributed by atoms with van der Waals surface area (Å²) >= 11 is 0. The van der Waals surface area contributed by atoms with E-state index in [1.807, 2.05) is 31.6 Å². The molecule has 6 rings (SSSR count). The summed E-state index contributed by atoms with van der Waals surface area (Å²) in [5.74, 6) is 1.81. The first-order valence-electron chi connectivity index (χ1n) is 14.0. The number of aryl methyl sites for hydroxylation is 3. The summed E-state index contributed by atoms with van der Waals surface area (Å²) < 4.78 is 7.64. The van der Waals surface area contributed by atoms with Crippen LogP contribution in [0.15, 0.2) is 41.6 Å². The van der Waals surface area contributed by atoms with Crippen molar-refractivity contribution in [2.45, 2.75) is 32.4 Å². The second-order valence-corrected chi connectivity index (χ2v) is 11.1. The highest BCUT2D eigenvalue weighted by Gasteiger charge is 2.46. The zero-order valence-electron chi connectivity index (χ0n) is 23.2. The highest BCUT2D eigenvalue weighted by molar-refractivity contribution is 5.67. The van der Waals surface area contributed by atoms with Crippen molar-refractivity contribution in [3.8, 4) is 11.1 Å². The molecule has 3 saturated heterocycles. The lowest BCUT2D eigenvalue weighted by Crippen LogP contribution is -2.70. The number of hydrogen-bond donors (Lipinski definition) is 1. The molecule has 39 heavy (non-hydrogen) atoms. The third kappa shape index (κ3) is 5.28. The molecule has 0 unspecified atom stereocenters. The van der Waals surface area contributed by atoms with Gasteiger partial charge in [0.2, 0.25) is 5.95 Å². The molecule has 206 valence electrons. The Morgan fingerprint density at radius 2 is 1.85 bits per heavy atom. The smallest absolute Gasteiger partial charge is 0.253 e. The molecule has 3 aliphatic rings. The number of hydrogen-bond acceptors (Lipinski definition) is 9. The largest absolute Gasteiger partial charge is 0.369 e. The summed E-state index contributed by atoms with van der Waals surface area (Å²) in [4.78, 5) is 33.5. The van der Waals surface area contributed by atoms with Gasteiger partial charge < -0.3 is 24.4 Å². The summed E-state index contributed by atoms with van der Waals surface area (Å²) in [6.07, 6.45) is 6.68. The summed E-state index contributed by atoms with van der Waals surface area (Å²) in [5.41, 5.74) is 5.06. The molecule has 0 amide bonds. The van der Waals surface area contributed by atoms with Gasteiger partial charge in [-0.1, -0.05) is 6.92 Å². The fourth-order valence-corrected chi connectivity index (χ4v) is 5.91. The van der Waals surface area contributed by atoms with Crippen LogP contribution < -0.4 is 20.7 Å². The molecule has 0 saturated carbocycles. The summed E-state index contributed by atoms with van der Waals surface area (Å²) in [7, 11) is 1.80. The summed E-state index contributed by atoms with van der Waals surface area (Å²) in [5, 5.41) is 3.42. The van der Waals surface area contributed by atoms with Gasteiger partial charge in [-0.15, -0.1) is 0 Å². The van der Waals surface area contributed by atoms with E-state index in [0.717, 1.165) is 112 Å². The van der Waals surface area contributed by atoms with Crippen LogP contribution in [-0.2, 0) is 24.8 Å². The molecule has 3 fully saturated rings. The number of ether oxygens (including phenoxy) is 1. The molecule has 3 aliphatic heterocycles. The van der Waals surface area contributed by atoms with E-state index in [0.29, 0.717) is 0 Å². The number of piperazine rings is 1. The van der Waals surface area contributed by atoms with Crippen molar-refractivity contribution in [3.05, 3.63) is 64.0 Å². The zero-order valence-corrected chi connectivity index (χ0v) is 23.2. The fraction of sp³-hybridized carbons (Fsp3) is 0.517. The molecule has 1 spiro atoms. The molecule has 6 heterocycles. The van der Waals surface area contributed by atoms with Crippen LogP contribution in [0.5, 0.6) is 0 Å². The Morgan fingerprint density at radius 3 is 2.51 bits per heavy atom. The Kier molecular flexibility index (Phi) is 7.09. The van der Waals surface area contributed by atoms with E-state index in [4.69, 9.17) is 9.72 Å². The van der Waals surface area contributed by atoms with E-state index in [-0.39, 0.29) is 11.2 Å². The van der Waals surface area contributed by atoms with Crippen LogP contribution in [0.3, 0.4) is 0 Å². The van der Waals surface area contributed by atoms with E-state index in [2.05, 4.69) is 49.0 Å². The van der Waals surface area contributed by atoms with Crippen LogP contribution >= 0.6 is 0 Å². The number of morpholine rings is 1. The molecule has 3 aromatic rings. The van der Waals surface area contributed by atoms with Gasteiger partial charge in [0, 0.05) is 93.7 Å². The minimum Gasteiger partial charge on any atom is -0.369 e. The normalized spacial score (nSPS) is 19.4. The highest BCUT2D eigenvalue weighted by Crippen LogP contribution is 2.29. The highest BCUT2D eigenvalue weighted by atomic mass is 16.5. The van der Waals surface area contributed by atoms with Crippen LogP contribution in [0.4, 0.5) is 11.8 Å². The van der Waals surface area contributed by atoms with Gasteiger partial charge >= 0.3 is 0 Å². The molecule has 0 bridgehead atoms. The van der Waals surface area contributed by atoms with Gasteiger partial charge in [0.05, 0.1) is 25.4 Å². The van der Waals surface area contributed by atoms with Crippen LogP contribution in [0, 0.1) is 6.92 Å². The van der Waals surface area contributed by atoms with Crippen molar-refractivity contribution in [2.24, 2.45) is 7.05 Å². The Balaban J connectivity index is 1.04. The average Bonchev–Trinajstić information content (AvgIpc) is 2.95. The molecule has 0 atom stereocenters. The van der Waals surface area contributed by atoms with Crippen LogP contribution in [0.25, 0.3) is 11.1 Å². The molecule has 10 heteroatoms. The lowest BCUT2D eigenvalue weighted by Gasteiger charge is -2.51. The standard InChI is InChI=1S/C29H38N8O2/c1-4-25-24(23-13-21(2)27(38)34(3)17-23)5-6-26(33-25)36-10-8-35(9-11-36)16-22-14-31-28(32-15-22)37-19-29(20-37)18-30-7-12-39-29/h5-6,13-15,17,30H,4,7-12,16,18-20H2,1-3H3. The number of rotatable bonds is 6. The fourth-order valence-electron chi connectivity index (χ4n) is 5.91. The first kappa shape index (κ1) is 25.9. The quantitative estimate of drug-likeness (QED) is 0.510. The van der Waals surface area contributed by atoms with Crippen molar-refractivity contribution >= 4 is 11.8 Å². The van der Waals surface area contributed by atoms with Gasteiger partial charge in [-0.25, -0.2) is 15.0 Å². The molecule has 10 nitrogen and oxygen atoms in total. The zero-order chi connectivity index (χ0) is 27.0. The van der Waals surface area contributed by atoms with Crippen LogP contribution in [0.1, 0.15) is 23.7 Å². The topological polar surface area (TPSA) is 91.7 Å². The van der Waals surface area contributed by atoms with Gasteiger partial charge in [0.15, 0.2) is 0 Å². The maximum atomic E-state index is 12.1. The van der Waals surface area contributed by atoms with Crippen molar-refractivity contribution < 1.29 is 4.74 Å². The maximum Gasteiger partial charge on any atom is 0.253 e. The van der Waals surface area contributed by atoms with Crippen molar-refractivity contribution in [1.29, 1.82) is 0 Å². The molecular formula is C29H38N8O2. The number of nitrogens with zero attached hydrogens (tertiary/aromatic N) is 7. The first-order valence-corrected chi connectivity index (χ1v) is 14.0. The predicted octanol–water partition coefficient (Wildman–Crippen LogP) is 1.61. The lowest BCUT2D eigenvalue weighted by molar-refractivity contribution is -0.0834. The average molecular weight is 531 g/mol. The van der Waals surface area contributed by atoms with Crippen molar-refractivity contribution in [3.63, 3.8) is 0 Å². The second kappa shape index (κ2) is 10.7. The Hall–Kier alpha value is -3.34. The second-order valence-electron chi connectivity index (χ2n) is 11.1.